The van der Waals surface area contributed by atoms with Crippen LogP contribution in [0, 0.1) is 0 Å². The number of nitrogens with zero attached hydrogens (tertiary/aromatic N) is 5. The van der Waals surface area contributed by atoms with E-state index in [0.29, 0.717) is 11.9 Å². The lowest BCUT2D eigenvalue weighted by atomic mass is 10.1. The van der Waals surface area contributed by atoms with Crippen LogP contribution in [0.5, 0.6) is 11.6 Å². The third kappa shape index (κ3) is 6.53. The summed E-state index contributed by atoms with van der Waals surface area (Å²) in [6.07, 6.45) is 5.54. The molecule has 0 amide bonds. The summed E-state index contributed by atoms with van der Waals surface area (Å²) in [4.78, 5) is 11.1. The van der Waals surface area contributed by atoms with E-state index in [1.54, 1.807) is 6.33 Å². The molecule has 1 aromatic carbocycles. The van der Waals surface area contributed by atoms with Crippen LogP contribution in [0.2, 0.25) is 0 Å². The summed E-state index contributed by atoms with van der Waals surface area (Å²) < 4.78 is 7.93. The molecule has 0 aliphatic carbocycles. The van der Waals surface area contributed by atoms with Crippen molar-refractivity contribution >= 4 is 11.0 Å². The van der Waals surface area contributed by atoms with Gasteiger partial charge in [-0.2, -0.15) is 5.10 Å². The van der Waals surface area contributed by atoms with Crippen LogP contribution in [0.25, 0.3) is 11.0 Å². The van der Waals surface area contributed by atoms with Crippen molar-refractivity contribution < 1.29 is 4.74 Å². The first-order valence-electron chi connectivity index (χ1n) is 10.9. The number of rotatable bonds is 3. The van der Waals surface area contributed by atoms with Crippen LogP contribution in [-0.2, 0) is 0 Å². The maximum Gasteiger partial charge on any atom is 0.233 e. The predicted molar refractivity (Wildman–Crippen MR) is 122 cm³/mol. The number of para-hydroxylation sites is 1. The maximum absolute atomic E-state index is 5.90. The summed E-state index contributed by atoms with van der Waals surface area (Å²) in [5.41, 5.74) is 0.848. The fraction of sp³-hybridized carbons (Fsp3) is 0.522. The van der Waals surface area contributed by atoms with Gasteiger partial charge in [-0.05, 0) is 45.1 Å². The highest BCUT2D eigenvalue weighted by molar-refractivity contribution is 5.80. The largest absolute Gasteiger partial charge is 0.438 e. The lowest BCUT2D eigenvalue weighted by Crippen LogP contribution is -2.31. The Bertz CT molecular complexity index is 795. The van der Waals surface area contributed by atoms with Crippen molar-refractivity contribution in [2.24, 2.45) is 0 Å². The van der Waals surface area contributed by atoms with Gasteiger partial charge in [0.1, 0.15) is 17.5 Å². The normalized spacial score (nSPS) is 13.9. The summed E-state index contributed by atoms with van der Waals surface area (Å²) in [5, 5.41) is 5.42. The van der Waals surface area contributed by atoms with E-state index >= 15 is 0 Å². The molecule has 2 aromatic heterocycles. The maximum atomic E-state index is 5.90. The second-order valence-corrected chi connectivity index (χ2v) is 5.95. The monoisotopic (exact) mass is 399 g/mol. The van der Waals surface area contributed by atoms with Gasteiger partial charge in [0, 0.05) is 0 Å². The Labute approximate surface area is 175 Å². The van der Waals surface area contributed by atoms with E-state index in [4.69, 9.17) is 4.74 Å². The highest BCUT2D eigenvalue weighted by Crippen LogP contribution is 2.30. The third-order valence-electron chi connectivity index (χ3n) is 4.35. The third-order valence-corrected chi connectivity index (χ3v) is 4.35. The van der Waals surface area contributed by atoms with Crippen molar-refractivity contribution in [3.05, 3.63) is 42.9 Å². The van der Waals surface area contributed by atoms with Crippen LogP contribution in [0.3, 0.4) is 0 Å². The van der Waals surface area contributed by atoms with Gasteiger partial charge in [-0.3, -0.25) is 0 Å². The molecule has 29 heavy (non-hydrogen) atoms. The van der Waals surface area contributed by atoms with Gasteiger partial charge in [-0.15, -0.1) is 0 Å². The van der Waals surface area contributed by atoms with Crippen LogP contribution >= 0.6 is 0 Å². The molecule has 0 radical (unpaired) electrons. The zero-order chi connectivity index (χ0) is 21.6. The quantitative estimate of drug-likeness (QED) is 0.543. The first kappa shape index (κ1) is 24.6. The number of likely N-dealkylation sites (tertiary alicyclic amines) is 1. The minimum absolute atomic E-state index is 0.392. The molecule has 6 nitrogen and oxygen atoms in total. The molecule has 3 heterocycles. The molecule has 4 rings (SSSR count). The van der Waals surface area contributed by atoms with Gasteiger partial charge < -0.3 is 9.64 Å². The molecule has 0 bridgehead atoms. The topological polar surface area (TPSA) is 56.1 Å². The number of aromatic nitrogens is 4. The number of hydrogen-bond acceptors (Lipinski definition) is 5. The van der Waals surface area contributed by atoms with E-state index in [2.05, 4.69) is 27.0 Å². The molecule has 160 valence electrons. The van der Waals surface area contributed by atoms with Gasteiger partial charge in [0.2, 0.25) is 5.88 Å². The van der Waals surface area contributed by atoms with E-state index in [0.717, 1.165) is 42.7 Å². The van der Waals surface area contributed by atoms with Crippen LogP contribution < -0.4 is 4.74 Å². The van der Waals surface area contributed by atoms with Crippen LogP contribution in [0.4, 0.5) is 0 Å². The minimum Gasteiger partial charge on any atom is -0.438 e. The van der Waals surface area contributed by atoms with Gasteiger partial charge in [-0.25, -0.2) is 14.6 Å². The molecule has 0 spiro atoms. The van der Waals surface area contributed by atoms with Crippen LogP contribution in [-0.4, -0.2) is 44.8 Å². The van der Waals surface area contributed by atoms with Gasteiger partial charge in [-0.1, -0.05) is 59.7 Å². The highest BCUT2D eigenvalue weighted by Gasteiger charge is 2.22. The predicted octanol–water partition coefficient (Wildman–Crippen LogP) is 5.96. The molecule has 1 saturated heterocycles. The Morgan fingerprint density at radius 2 is 1.52 bits per heavy atom. The van der Waals surface area contributed by atoms with Crippen molar-refractivity contribution in [2.75, 3.05) is 20.1 Å². The number of ether oxygens (including phenoxy) is 1. The Kier molecular flexibility index (Phi) is 11.6. The van der Waals surface area contributed by atoms with Crippen molar-refractivity contribution in [3.8, 4) is 11.6 Å². The summed E-state index contributed by atoms with van der Waals surface area (Å²) in [5.74, 6) is 1.32. The fourth-order valence-corrected chi connectivity index (χ4v) is 3.03. The van der Waals surface area contributed by atoms with Crippen LogP contribution in [0.15, 0.2) is 42.9 Å². The lowest BCUT2D eigenvalue weighted by molar-refractivity contribution is 0.215. The Hall–Kier alpha value is -2.47. The zero-order valence-corrected chi connectivity index (χ0v) is 19.1. The van der Waals surface area contributed by atoms with Gasteiger partial charge in [0.25, 0.3) is 0 Å². The SMILES string of the molecule is CC.CC.CC.CN1CCC(n2ncc3c(Oc4ccccc4)ncnc32)CC1. The second-order valence-electron chi connectivity index (χ2n) is 5.95. The smallest absolute Gasteiger partial charge is 0.233 e. The average molecular weight is 400 g/mol. The molecule has 1 aliphatic heterocycles. The summed E-state index contributed by atoms with van der Waals surface area (Å²) in [6, 6.07) is 10.1. The van der Waals surface area contributed by atoms with E-state index < -0.39 is 0 Å². The van der Waals surface area contributed by atoms with E-state index in [1.165, 1.54) is 0 Å². The molecule has 1 aliphatic rings. The molecule has 6 heteroatoms. The highest BCUT2D eigenvalue weighted by atomic mass is 16.5. The van der Waals surface area contributed by atoms with E-state index in [1.807, 2.05) is 82.8 Å². The number of hydrogen-bond donors (Lipinski definition) is 0. The average Bonchev–Trinajstić information content (AvgIpc) is 3.24. The Morgan fingerprint density at radius 3 is 2.14 bits per heavy atom. The van der Waals surface area contributed by atoms with Crippen molar-refractivity contribution in [2.45, 2.75) is 60.4 Å². The first-order valence-corrected chi connectivity index (χ1v) is 10.9. The van der Waals surface area contributed by atoms with Gasteiger partial charge >= 0.3 is 0 Å². The fourth-order valence-electron chi connectivity index (χ4n) is 3.03. The number of fused-ring (bicyclic) bond motifs is 1. The van der Waals surface area contributed by atoms with Gasteiger partial charge in [0.15, 0.2) is 5.65 Å². The van der Waals surface area contributed by atoms with Crippen molar-refractivity contribution in [1.82, 2.24) is 24.6 Å². The number of piperidine rings is 1. The Balaban J connectivity index is 0.000000644. The number of benzene rings is 1. The Morgan fingerprint density at radius 1 is 0.897 bits per heavy atom. The van der Waals surface area contributed by atoms with E-state index in [-0.39, 0.29) is 0 Å². The molecule has 0 saturated carbocycles. The summed E-state index contributed by atoms with van der Waals surface area (Å²) in [7, 11) is 2.16. The zero-order valence-electron chi connectivity index (χ0n) is 19.1. The molecule has 0 unspecified atom stereocenters. The summed E-state index contributed by atoms with van der Waals surface area (Å²) in [6.45, 7) is 14.2. The first-order chi connectivity index (χ1) is 14.3. The van der Waals surface area contributed by atoms with Crippen molar-refractivity contribution in [3.63, 3.8) is 0 Å². The molecule has 3 aromatic rings. The molecular formula is C23H37N5O. The summed E-state index contributed by atoms with van der Waals surface area (Å²) >= 11 is 0. The van der Waals surface area contributed by atoms with E-state index in [9.17, 15) is 0 Å². The van der Waals surface area contributed by atoms with Crippen LogP contribution in [0.1, 0.15) is 60.4 Å². The second kappa shape index (κ2) is 13.7. The van der Waals surface area contributed by atoms with Crippen molar-refractivity contribution in [1.29, 1.82) is 0 Å². The molecular weight excluding hydrogens is 362 g/mol. The molecule has 0 atom stereocenters. The lowest BCUT2D eigenvalue weighted by Gasteiger charge is -2.29. The standard InChI is InChI=1S/C17H19N5O.3C2H6/c1-21-9-7-13(8-10-21)22-16-15(11-20-22)17(19-12-18-16)23-14-5-3-2-4-6-14;3*1-2/h2-6,11-13H,7-10H2,1H3;3*1-2H3. The molecule has 0 N–H and O–H groups in total. The minimum atomic E-state index is 0.392. The van der Waals surface area contributed by atoms with Gasteiger partial charge in [0.05, 0.1) is 12.2 Å². The molecule has 1 fully saturated rings.